The Labute approximate surface area is 195 Å². The molecule has 4 aromatic carbocycles. The van der Waals surface area contributed by atoms with Gasteiger partial charge in [0.25, 0.3) is 0 Å². The Morgan fingerprint density at radius 2 is 1.34 bits per heavy atom. The van der Waals surface area contributed by atoms with Gasteiger partial charge >= 0.3 is 0 Å². The second-order valence-electron chi connectivity index (χ2n) is 7.73. The molecule has 0 amide bonds. The number of halogens is 1. The Hall–Kier alpha value is -2.93. The molecule has 5 rings (SSSR count). The monoisotopic (exact) mass is 455 g/mol. The van der Waals surface area contributed by atoms with Gasteiger partial charge in [-0.1, -0.05) is 115 Å². The number of aliphatic imine (C=N–C) groups is 1. The molecule has 0 bridgehead atoms. The third-order valence-electron chi connectivity index (χ3n) is 5.50. The van der Waals surface area contributed by atoms with Gasteiger partial charge in [0.2, 0.25) is 5.90 Å². The molecule has 0 saturated heterocycles. The Kier molecular flexibility index (Phi) is 6.34. The SMILES string of the molecule is Clc1cccc(P(c2ccccc2)c2ccccc2)c1C1=N[C@H](Cc2ccccc2)CO1. The minimum Gasteiger partial charge on any atom is -0.475 e. The molecule has 4 aromatic rings. The highest BCUT2D eigenvalue weighted by atomic mass is 35.5. The van der Waals surface area contributed by atoms with E-state index in [1.54, 1.807) is 0 Å². The normalized spacial score (nSPS) is 15.4. The Bertz CT molecular complexity index is 1170. The highest BCUT2D eigenvalue weighted by molar-refractivity contribution is 7.80. The molecular formula is C28H23ClNOP. The summed E-state index contributed by atoms with van der Waals surface area (Å²) < 4.78 is 6.14. The summed E-state index contributed by atoms with van der Waals surface area (Å²) in [6, 6.07) is 37.9. The van der Waals surface area contributed by atoms with Crippen molar-refractivity contribution in [2.45, 2.75) is 12.5 Å². The van der Waals surface area contributed by atoms with E-state index in [1.807, 2.05) is 18.2 Å². The summed E-state index contributed by atoms with van der Waals surface area (Å²) in [5.74, 6) is 0.658. The van der Waals surface area contributed by atoms with Crippen LogP contribution in [0.4, 0.5) is 0 Å². The Morgan fingerprint density at radius 1 is 0.750 bits per heavy atom. The van der Waals surface area contributed by atoms with Crippen molar-refractivity contribution in [3.63, 3.8) is 0 Å². The van der Waals surface area contributed by atoms with E-state index in [-0.39, 0.29) is 6.04 Å². The van der Waals surface area contributed by atoms with Crippen molar-refractivity contribution in [3.05, 3.63) is 125 Å². The van der Waals surface area contributed by atoms with Crippen LogP contribution in [0.1, 0.15) is 11.1 Å². The fourth-order valence-electron chi connectivity index (χ4n) is 4.04. The molecule has 2 nitrogen and oxygen atoms in total. The summed E-state index contributed by atoms with van der Waals surface area (Å²) in [6.07, 6.45) is 0.857. The number of nitrogens with zero attached hydrogens (tertiary/aromatic N) is 1. The lowest BCUT2D eigenvalue weighted by atomic mass is 10.1. The number of benzene rings is 4. The molecule has 32 heavy (non-hydrogen) atoms. The average Bonchev–Trinajstić information content (AvgIpc) is 3.29. The third kappa shape index (κ3) is 4.48. The average molecular weight is 456 g/mol. The topological polar surface area (TPSA) is 21.6 Å². The van der Waals surface area contributed by atoms with Crippen LogP contribution < -0.4 is 15.9 Å². The summed E-state index contributed by atoms with van der Waals surface area (Å²) >= 11 is 6.79. The van der Waals surface area contributed by atoms with Crippen LogP contribution in [0.25, 0.3) is 0 Å². The zero-order chi connectivity index (χ0) is 21.8. The first-order chi connectivity index (χ1) is 15.8. The molecule has 0 radical (unpaired) electrons. The fraction of sp³-hybridized carbons (Fsp3) is 0.107. The van der Waals surface area contributed by atoms with Gasteiger partial charge in [0, 0.05) is 0 Å². The quantitative estimate of drug-likeness (QED) is 0.352. The van der Waals surface area contributed by atoms with Gasteiger partial charge in [0.1, 0.15) is 6.61 Å². The van der Waals surface area contributed by atoms with Crippen LogP contribution in [0.5, 0.6) is 0 Å². The van der Waals surface area contributed by atoms with Gasteiger partial charge in [-0.15, -0.1) is 0 Å². The second kappa shape index (κ2) is 9.69. The first-order valence-corrected chi connectivity index (χ1v) is 12.5. The minimum atomic E-state index is -0.807. The molecule has 0 aliphatic carbocycles. The zero-order valence-corrected chi connectivity index (χ0v) is 19.2. The molecule has 0 N–H and O–H groups in total. The van der Waals surface area contributed by atoms with Crippen molar-refractivity contribution in [1.82, 2.24) is 0 Å². The lowest BCUT2D eigenvalue weighted by Crippen LogP contribution is -2.26. The van der Waals surface area contributed by atoms with Gasteiger partial charge in [-0.05, 0) is 41.9 Å². The molecule has 1 atom stereocenters. The largest absolute Gasteiger partial charge is 0.475 e. The molecule has 1 aliphatic heterocycles. The number of hydrogen-bond acceptors (Lipinski definition) is 2. The summed E-state index contributed by atoms with van der Waals surface area (Å²) in [5, 5.41) is 4.40. The standard InChI is InChI=1S/C28H23ClNOP/c29-25-17-10-18-26(32(23-13-6-2-7-14-23)24-15-8-3-9-16-24)27(25)28-30-22(20-31-28)19-21-11-4-1-5-12-21/h1-18,22H,19-20H2/t22-/m1/s1. The first-order valence-electron chi connectivity index (χ1n) is 10.7. The van der Waals surface area contributed by atoms with Crippen LogP contribution in [0.3, 0.4) is 0 Å². The van der Waals surface area contributed by atoms with Gasteiger partial charge in [-0.2, -0.15) is 0 Å². The molecule has 0 saturated carbocycles. The van der Waals surface area contributed by atoms with Crippen LogP contribution in [-0.2, 0) is 11.2 Å². The molecule has 1 aliphatic rings. The van der Waals surface area contributed by atoms with E-state index in [0.717, 1.165) is 12.0 Å². The van der Waals surface area contributed by atoms with Crippen LogP contribution in [0.2, 0.25) is 5.02 Å². The maximum Gasteiger partial charge on any atom is 0.218 e. The van der Waals surface area contributed by atoms with Crippen LogP contribution in [0, 0.1) is 0 Å². The lowest BCUT2D eigenvalue weighted by Gasteiger charge is -2.22. The van der Waals surface area contributed by atoms with E-state index in [1.165, 1.54) is 21.5 Å². The van der Waals surface area contributed by atoms with Crippen molar-refractivity contribution < 1.29 is 4.74 Å². The van der Waals surface area contributed by atoms with E-state index in [2.05, 4.69) is 91.0 Å². The Balaban J connectivity index is 1.57. The van der Waals surface area contributed by atoms with Crippen molar-refractivity contribution in [3.8, 4) is 0 Å². The molecule has 0 spiro atoms. The smallest absolute Gasteiger partial charge is 0.218 e. The summed E-state index contributed by atoms with van der Waals surface area (Å²) in [7, 11) is -0.807. The molecule has 158 valence electrons. The maximum atomic E-state index is 6.79. The molecule has 0 fully saturated rings. The molecule has 1 heterocycles. The summed E-state index contributed by atoms with van der Waals surface area (Å²) in [4.78, 5) is 4.97. The van der Waals surface area contributed by atoms with Crippen molar-refractivity contribution >= 4 is 41.3 Å². The second-order valence-corrected chi connectivity index (χ2v) is 10.3. The van der Waals surface area contributed by atoms with Crippen LogP contribution in [-0.4, -0.2) is 18.5 Å². The fourth-order valence-corrected chi connectivity index (χ4v) is 6.83. The van der Waals surface area contributed by atoms with E-state index in [0.29, 0.717) is 17.5 Å². The van der Waals surface area contributed by atoms with E-state index >= 15 is 0 Å². The summed E-state index contributed by atoms with van der Waals surface area (Å²) in [5.41, 5.74) is 2.19. The highest BCUT2D eigenvalue weighted by Crippen LogP contribution is 2.36. The van der Waals surface area contributed by atoms with Gasteiger partial charge in [-0.25, -0.2) is 4.99 Å². The van der Waals surface area contributed by atoms with Crippen molar-refractivity contribution in [2.75, 3.05) is 6.61 Å². The van der Waals surface area contributed by atoms with Crippen LogP contribution >= 0.6 is 19.5 Å². The van der Waals surface area contributed by atoms with E-state index in [4.69, 9.17) is 21.3 Å². The molecule has 0 unspecified atom stereocenters. The van der Waals surface area contributed by atoms with E-state index in [9.17, 15) is 0 Å². The Morgan fingerprint density at radius 3 is 1.97 bits per heavy atom. The molecule has 0 aromatic heterocycles. The minimum absolute atomic E-state index is 0.0937. The van der Waals surface area contributed by atoms with E-state index < -0.39 is 7.92 Å². The predicted molar refractivity (Wildman–Crippen MR) is 137 cm³/mol. The van der Waals surface area contributed by atoms with Crippen molar-refractivity contribution in [2.24, 2.45) is 4.99 Å². The number of hydrogen-bond donors (Lipinski definition) is 0. The molecular weight excluding hydrogens is 433 g/mol. The number of rotatable bonds is 6. The lowest BCUT2D eigenvalue weighted by molar-refractivity contribution is 0.317. The van der Waals surface area contributed by atoms with Gasteiger partial charge < -0.3 is 4.74 Å². The molecule has 4 heteroatoms. The van der Waals surface area contributed by atoms with Gasteiger partial charge in [0.05, 0.1) is 16.6 Å². The van der Waals surface area contributed by atoms with Crippen molar-refractivity contribution in [1.29, 1.82) is 0 Å². The van der Waals surface area contributed by atoms with Gasteiger partial charge in [-0.3, -0.25) is 0 Å². The highest BCUT2D eigenvalue weighted by Gasteiger charge is 2.28. The summed E-state index contributed by atoms with van der Waals surface area (Å²) in [6.45, 7) is 0.573. The maximum absolute atomic E-state index is 6.79. The van der Waals surface area contributed by atoms with Gasteiger partial charge in [0.15, 0.2) is 0 Å². The predicted octanol–water partition coefficient (Wildman–Crippen LogP) is 5.49. The first kappa shape index (κ1) is 20.9. The third-order valence-corrected chi connectivity index (χ3v) is 8.30. The number of ether oxygens (including phenoxy) is 1. The van der Waals surface area contributed by atoms with Crippen LogP contribution in [0.15, 0.2) is 114 Å². The zero-order valence-electron chi connectivity index (χ0n) is 17.6.